The molecule has 0 spiro atoms. The van der Waals surface area contributed by atoms with Crippen molar-refractivity contribution >= 4 is 5.91 Å². The van der Waals surface area contributed by atoms with E-state index >= 15 is 0 Å². The molecule has 0 radical (unpaired) electrons. The molecule has 7 nitrogen and oxygen atoms in total. The lowest BCUT2D eigenvalue weighted by Gasteiger charge is -2.11. The average Bonchev–Trinajstić information content (AvgIpc) is 3.68. The van der Waals surface area contributed by atoms with E-state index in [1.54, 1.807) is 0 Å². The molecule has 7 heteroatoms. The van der Waals surface area contributed by atoms with Gasteiger partial charge in [-0.1, -0.05) is 18.2 Å². The number of amides is 1. The molecular weight excluding hydrogens is 364 g/mol. The quantitative estimate of drug-likeness (QED) is 0.470. The van der Waals surface area contributed by atoms with Crippen LogP contribution >= 0.6 is 0 Å². The molecule has 1 N–H and O–H groups in total. The van der Waals surface area contributed by atoms with Crippen LogP contribution in [0.3, 0.4) is 0 Å². The van der Waals surface area contributed by atoms with Crippen molar-refractivity contribution in [1.82, 2.24) is 20.1 Å². The van der Waals surface area contributed by atoms with E-state index in [4.69, 9.17) is 6.42 Å². The smallest absolute Gasteiger partial charge is 0.220 e. The number of rotatable bonds is 11. The Labute approximate surface area is 171 Å². The molecule has 1 aromatic heterocycles. The van der Waals surface area contributed by atoms with Gasteiger partial charge in [0, 0.05) is 50.3 Å². The molecule has 4 rings (SSSR count). The average molecular weight is 390 g/mol. The summed E-state index contributed by atoms with van der Waals surface area (Å²) in [6.45, 7) is 0.616. The highest BCUT2D eigenvalue weighted by Gasteiger charge is 2.39. The van der Waals surface area contributed by atoms with E-state index in [-0.39, 0.29) is 5.91 Å². The summed E-state index contributed by atoms with van der Waals surface area (Å²) in [6, 6.07) is 10.3. The molecule has 1 fully saturated rings. The van der Waals surface area contributed by atoms with Crippen LogP contribution in [0.4, 0.5) is 0 Å². The Morgan fingerprint density at radius 3 is 2.69 bits per heavy atom. The highest BCUT2D eigenvalue weighted by Crippen LogP contribution is 2.40. The maximum Gasteiger partial charge on any atom is 0.220 e. The summed E-state index contributed by atoms with van der Waals surface area (Å²) in [5.74, 6) is 5.18. The minimum absolute atomic E-state index is 0.0329. The molecule has 0 saturated heterocycles. The van der Waals surface area contributed by atoms with Crippen LogP contribution in [0.5, 0.6) is 0 Å². The van der Waals surface area contributed by atoms with Crippen LogP contribution < -0.4 is 5.32 Å². The Balaban J connectivity index is 1.25. The van der Waals surface area contributed by atoms with Crippen molar-refractivity contribution in [3.63, 3.8) is 0 Å². The van der Waals surface area contributed by atoms with Gasteiger partial charge in [0.15, 0.2) is 5.66 Å². The molecule has 1 amide bonds. The van der Waals surface area contributed by atoms with Crippen molar-refractivity contribution in [1.29, 1.82) is 0 Å². The highest BCUT2D eigenvalue weighted by molar-refractivity contribution is 5.75. The van der Waals surface area contributed by atoms with Crippen LogP contribution in [0.15, 0.2) is 40.6 Å². The summed E-state index contributed by atoms with van der Waals surface area (Å²) in [5, 5.41) is 20.0. The molecule has 1 aromatic carbocycles. The van der Waals surface area contributed by atoms with Gasteiger partial charge in [-0.25, -0.2) is 0 Å². The molecule has 1 aliphatic carbocycles. The number of carbonyl (C=O) groups is 1. The molecule has 0 bridgehead atoms. The van der Waals surface area contributed by atoms with Crippen LogP contribution in [0.25, 0.3) is 5.69 Å². The lowest BCUT2D eigenvalue weighted by atomic mass is 10.0. The second kappa shape index (κ2) is 8.56. The summed E-state index contributed by atoms with van der Waals surface area (Å²) in [6.07, 6.45) is 11.7. The molecule has 2 heterocycles. The van der Waals surface area contributed by atoms with Crippen LogP contribution in [0.2, 0.25) is 0 Å². The SMILES string of the molecule is C#CCCC1(CCC(=O)NCCCc2nnc(C3CC3)n2-c2ccccc2)N=N1. The molecule has 2 aromatic rings. The second-order valence-electron chi connectivity index (χ2n) is 7.76. The van der Waals surface area contributed by atoms with Crippen molar-refractivity contribution in [3.05, 3.63) is 42.0 Å². The Kier molecular flexibility index (Phi) is 5.70. The lowest BCUT2D eigenvalue weighted by Crippen LogP contribution is -2.26. The van der Waals surface area contributed by atoms with Gasteiger partial charge in [-0.05, 0) is 31.4 Å². The van der Waals surface area contributed by atoms with Gasteiger partial charge in [-0.15, -0.1) is 22.5 Å². The van der Waals surface area contributed by atoms with E-state index in [0.717, 1.165) is 36.6 Å². The predicted molar refractivity (Wildman–Crippen MR) is 110 cm³/mol. The summed E-state index contributed by atoms with van der Waals surface area (Å²) in [4.78, 5) is 12.1. The first-order valence-corrected chi connectivity index (χ1v) is 10.3. The molecule has 1 aliphatic heterocycles. The van der Waals surface area contributed by atoms with Crippen molar-refractivity contribution < 1.29 is 4.79 Å². The zero-order valence-corrected chi connectivity index (χ0v) is 16.5. The Bertz CT molecular complexity index is 917. The lowest BCUT2D eigenvalue weighted by molar-refractivity contribution is -0.121. The molecular formula is C22H26N6O. The zero-order chi connectivity index (χ0) is 20.1. The van der Waals surface area contributed by atoms with Gasteiger partial charge in [-0.3, -0.25) is 9.36 Å². The number of hydrogen-bond donors (Lipinski definition) is 1. The Hall–Kier alpha value is -3.01. The number of para-hydroxylation sites is 1. The van der Waals surface area contributed by atoms with Crippen LogP contribution in [0.1, 0.15) is 62.5 Å². The minimum Gasteiger partial charge on any atom is -0.356 e. The van der Waals surface area contributed by atoms with E-state index in [1.807, 2.05) is 18.2 Å². The third-order valence-electron chi connectivity index (χ3n) is 5.42. The first-order chi connectivity index (χ1) is 14.2. The normalized spacial score (nSPS) is 16.4. The van der Waals surface area contributed by atoms with E-state index in [9.17, 15) is 4.79 Å². The molecule has 29 heavy (non-hydrogen) atoms. The second-order valence-corrected chi connectivity index (χ2v) is 7.76. The van der Waals surface area contributed by atoms with Crippen LogP contribution in [-0.4, -0.2) is 32.9 Å². The van der Waals surface area contributed by atoms with Crippen molar-refractivity contribution in [2.75, 3.05) is 6.54 Å². The monoisotopic (exact) mass is 390 g/mol. The fourth-order valence-corrected chi connectivity index (χ4v) is 3.50. The van der Waals surface area contributed by atoms with Gasteiger partial charge in [0.1, 0.15) is 11.6 Å². The topological polar surface area (TPSA) is 84.5 Å². The van der Waals surface area contributed by atoms with Crippen LogP contribution in [0, 0.1) is 12.3 Å². The Morgan fingerprint density at radius 2 is 2.00 bits per heavy atom. The fraction of sp³-hybridized carbons (Fsp3) is 0.500. The molecule has 0 unspecified atom stereocenters. The summed E-state index contributed by atoms with van der Waals surface area (Å²) < 4.78 is 2.19. The number of aryl methyl sites for hydroxylation is 1. The molecule has 2 aliphatic rings. The van der Waals surface area contributed by atoms with Crippen molar-refractivity contribution in [3.8, 4) is 18.0 Å². The first kappa shape index (κ1) is 19.3. The summed E-state index contributed by atoms with van der Waals surface area (Å²) >= 11 is 0. The predicted octanol–water partition coefficient (Wildman–Crippen LogP) is 3.55. The van der Waals surface area contributed by atoms with Gasteiger partial charge >= 0.3 is 0 Å². The molecule has 150 valence electrons. The van der Waals surface area contributed by atoms with E-state index < -0.39 is 5.66 Å². The standard InChI is InChI=1S/C22H26N6O/c1-2-3-14-22(26-27-22)15-13-20(29)23-16-7-10-19-24-25-21(17-11-12-17)28(19)18-8-5-4-6-9-18/h1,4-6,8-9,17H,3,7,10-16H2,(H,23,29). The first-order valence-electron chi connectivity index (χ1n) is 10.3. The third-order valence-corrected chi connectivity index (χ3v) is 5.42. The van der Waals surface area contributed by atoms with Crippen molar-refractivity contribution in [2.24, 2.45) is 10.2 Å². The molecule has 0 atom stereocenters. The number of terminal acetylenes is 1. The van der Waals surface area contributed by atoms with Gasteiger partial charge in [0.05, 0.1) is 0 Å². The largest absolute Gasteiger partial charge is 0.356 e. The summed E-state index contributed by atoms with van der Waals surface area (Å²) in [5.41, 5.74) is 0.710. The van der Waals surface area contributed by atoms with E-state index in [1.165, 1.54) is 12.8 Å². The Morgan fingerprint density at radius 1 is 1.21 bits per heavy atom. The van der Waals surface area contributed by atoms with Gasteiger partial charge < -0.3 is 5.32 Å². The minimum atomic E-state index is -0.394. The van der Waals surface area contributed by atoms with Gasteiger partial charge in [-0.2, -0.15) is 10.2 Å². The van der Waals surface area contributed by atoms with E-state index in [0.29, 0.717) is 31.7 Å². The highest BCUT2D eigenvalue weighted by atomic mass is 16.1. The van der Waals surface area contributed by atoms with Gasteiger partial charge in [0.2, 0.25) is 5.91 Å². The van der Waals surface area contributed by atoms with Crippen LogP contribution in [-0.2, 0) is 11.2 Å². The third kappa shape index (κ3) is 4.89. The zero-order valence-electron chi connectivity index (χ0n) is 16.5. The maximum absolute atomic E-state index is 12.1. The number of carbonyl (C=O) groups excluding carboxylic acids is 1. The maximum atomic E-state index is 12.1. The van der Waals surface area contributed by atoms with Crippen molar-refractivity contribution in [2.45, 2.75) is 62.9 Å². The van der Waals surface area contributed by atoms with Gasteiger partial charge in [0.25, 0.3) is 0 Å². The number of hydrogen-bond acceptors (Lipinski definition) is 5. The number of nitrogens with one attached hydrogen (secondary N) is 1. The number of aromatic nitrogens is 3. The fourth-order valence-electron chi connectivity index (χ4n) is 3.50. The van der Waals surface area contributed by atoms with E-state index in [2.05, 4.69) is 48.4 Å². The summed E-state index contributed by atoms with van der Waals surface area (Å²) in [7, 11) is 0. The number of nitrogens with zero attached hydrogens (tertiary/aromatic N) is 5. The molecule has 1 saturated carbocycles. The number of benzene rings is 1.